The van der Waals surface area contributed by atoms with Crippen molar-refractivity contribution in [3.63, 3.8) is 0 Å². The van der Waals surface area contributed by atoms with Crippen LogP contribution >= 0.6 is 12.2 Å². The zero-order valence-electron chi connectivity index (χ0n) is 8.59. The minimum Gasteiger partial charge on any atom is -0.363 e. The lowest BCUT2D eigenvalue weighted by Crippen LogP contribution is -2.42. The minimum atomic E-state index is -0.000908. The van der Waals surface area contributed by atoms with Gasteiger partial charge in [-0.1, -0.05) is 0 Å². The standard InChI is InChI=1S/C9H14N4OS/c1-2-10-9(15)13-4-3-6-7(5-13)11-12-8(6)14/h2-5H2,1H3,(H,10,15)(H2,11,12,14). The Bertz CT molecular complexity index is 422. The Kier molecular flexibility index (Phi) is 2.77. The number of hydrogen-bond acceptors (Lipinski definition) is 2. The van der Waals surface area contributed by atoms with E-state index in [9.17, 15) is 4.79 Å². The molecule has 1 aliphatic heterocycles. The highest BCUT2D eigenvalue weighted by Crippen LogP contribution is 2.12. The summed E-state index contributed by atoms with van der Waals surface area (Å²) >= 11 is 5.22. The molecule has 2 heterocycles. The number of nitrogens with one attached hydrogen (secondary N) is 3. The van der Waals surface area contributed by atoms with Gasteiger partial charge in [0, 0.05) is 18.7 Å². The summed E-state index contributed by atoms with van der Waals surface area (Å²) in [5.74, 6) is 0. The van der Waals surface area contributed by atoms with Crippen LogP contribution in [0, 0.1) is 0 Å². The number of aromatic amines is 2. The van der Waals surface area contributed by atoms with E-state index in [1.807, 2.05) is 6.92 Å². The second kappa shape index (κ2) is 4.06. The summed E-state index contributed by atoms with van der Waals surface area (Å²) in [5.41, 5.74) is 1.82. The summed E-state index contributed by atoms with van der Waals surface area (Å²) in [6, 6.07) is 0. The van der Waals surface area contributed by atoms with E-state index in [2.05, 4.69) is 20.4 Å². The minimum absolute atomic E-state index is 0.000908. The molecule has 0 aromatic carbocycles. The Morgan fingerprint density at radius 3 is 3.13 bits per heavy atom. The predicted molar refractivity (Wildman–Crippen MR) is 61.8 cm³/mol. The number of H-pyrrole nitrogens is 2. The summed E-state index contributed by atoms with van der Waals surface area (Å²) in [4.78, 5) is 13.4. The van der Waals surface area contributed by atoms with Crippen molar-refractivity contribution in [1.29, 1.82) is 0 Å². The molecule has 0 bridgehead atoms. The van der Waals surface area contributed by atoms with Gasteiger partial charge in [-0.2, -0.15) is 0 Å². The van der Waals surface area contributed by atoms with Gasteiger partial charge >= 0.3 is 0 Å². The summed E-state index contributed by atoms with van der Waals surface area (Å²) in [5, 5.41) is 9.35. The maximum absolute atomic E-state index is 11.3. The van der Waals surface area contributed by atoms with E-state index in [0.717, 1.165) is 35.9 Å². The first-order valence-electron chi connectivity index (χ1n) is 5.03. The van der Waals surface area contributed by atoms with Crippen molar-refractivity contribution in [2.45, 2.75) is 19.9 Å². The van der Waals surface area contributed by atoms with E-state index >= 15 is 0 Å². The largest absolute Gasteiger partial charge is 0.363 e. The molecule has 1 aliphatic rings. The van der Waals surface area contributed by atoms with E-state index in [4.69, 9.17) is 12.2 Å². The third-order valence-corrected chi connectivity index (χ3v) is 2.96. The lowest BCUT2D eigenvalue weighted by molar-refractivity contribution is 0.383. The topological polar surface area (TPSA) is 63.9 Å². The molecule has 0 spiro atoms. The molecular formula is C9H14N4OS. The fraction of sp³-hybridized carbons (Fsp3) is 0.556. The molecule has 1 aromatic heterocycles. The summed E-state index contributed by atoms with van der Waals surface area (Å²) in [6.45, 7) is 4.32. The maximum Gasteiger partial charge on any atom is 0.267 e. The first kappa shape index (κ1) is 10.2. The van der Waals surface area contributed by atoms with Crippen LogP contribution in [0.25, 0.3) is 0 Å². The summed E-state index contributed by atoms with van der Waals surface area (Å²) in [7, 11) is 0. The molecule has 82 valence electrons. The number of hydrogen-bond donors (Lipinski definition) is 3. The fourth-order valence-corrected chi connectivity index (χ4v) is 2.07. The predicted octanol–water partition coefficient (Wildman–Crippen LogP) is -0.0445. The molecule has 0 amide bonds. The monoisotopic (exact) mass is 226 g/mol. The van der Waals surface area contributed by atoms with Crippen LogP contribution in [0.15, 0.2) is 4.79 Å². The molecule has 3 N–H and O–H groups in total. The molecule has 0 radical (unpaired) electrons. The molecule has 15 heavy (non-hydrogen) atoms. The maximum atomic E-state index is 11.3. The number of fused-ring (bicyclic) bond motifs is 1. The average molecular weight is 226 g/mol. The van der Waals surface area contributed by atoms with Crippen molar-refractivity contribution >= 4 is 17.3 Å². The quantitative estimate of drug-likeness (QED) is 0.588. The Morgan fingerprint density at radius 1 is 1.60 bits per heavy atom. The summed E-state index contributed by atoms with van der Waals surface area (Å²) < 4.78 is 0. The summed E-state index contributed by atoms with van der Waals surface area (Å²) in [6.07, 6.45) is 0.750. The van der Waals surface area contributed by atoms with Gasteiger partial charge in [0.05, 0.1) is 12.2 Å². The first-order chi connectivity index (χ1) is 7.22. The van der Waals surface area contributed by atoms with Crippen LogP contribution in [-0.4, -0.2) is 33.3 Å². The number of rotatable bonds is 1. The van der Waals surface area contributed by atoms with Gasteiger partial charge in [-0.15, -0.1) is 0 Å². The van der Waals surface area contributed by atoms with Gasteiger partial charge in [-0.05, 0) is 25.6 Å². The molecule has 6 heteroatoms. The van der Waals surface area contributed by atoms with Crippen molar-refractivity contribution in [3.8, 4) is 0 Å². The highest BCUT2D eigenvalue weighted by Gasteiger charge is 2.21. The van der Waals surface area contributed by atoms with Crippen molar-refractivity contribution in [3.05, 3.63) is 21.6 Å². The average Bonchev–Trinajstić information content (AvgIpc) is 2.60. The molecule has 0 fully saturated rings. The third-order valence-electron chi connectivity index (χ3n) is 2.56. The van der Waals surface area contributed by atoms with Crippen LogP contribution in [0.5, 0.6) is 0 Å². The first-order valence-corrected chi connectivity index (χ1v) is 5.44. The molecule has 0 unspecified atom stereocenters. The van der Waals surface area contributed by atoms with E-state index < -0.39 is 0 Å². The Hall–Kier alpha value is -1.30. The van der Waals surface area contributed by atoms with Crippen molar-refractivity contribution in [2.75, 3.05) is 13.1 Å². The molecule has 0 aliphatic carbocycles. The molecular weight excluding hydrogens is 212 g/mol. The van der Waals surface area contributed by atoms with Crippen LogP contribution in [0.4, 0.5) is 0 Å². The molecule has 0 saturated heterocycles. The van der Waals surface area contributed by atoms with Gasteiger partial charge in [-0.3, -0.25) is 9.89 Å². The van der Waals surface area contributed by atoms with Crippen LogP contribution in [0.3, 0.4) is 0 Å². The third kappa shape index (κ3) is 1.90. The second-order valence-corrected chi connectivity index (χ2v) is 3.93. The van der Waals surface area contributed by atoms with E-state index in [1.54, 1.807) is 0 Å². The van der Waals surface area contributed by atoms with E-state index in [-0.39, 0.29) is 5.56 Å². The Morgan fingerprint density at radius 2 is 2.40 bits per heavy atom. The van der Waals surface area contributed by atoms with Crippen molar-refractivity contribution in [2.24, 2.45) is 0 Å². The smallest absolute Gasteiger partial charge is 0.267 e. The zero-order chi connectivity index (χ0) is 10.8. The molecule has 0 saturated carbocycles. The van der Waals surface area contributed by atoms with E-state index in [1.165, 1.54) is 0 Å². The van der Waals surface area contributed by atoms with Crippen molar-refractivity contribution < 1.29 is 0 Å². The Labute approximate surface area is 92.8 Å². The van der Waals surface area contributed by atoms with Gasteiger partial charge < -0.3 is 15.3 Å². The second-order valence-electron chi connectivity index (χ2n) is 3.54. The number of aromatic nitrogens is 2. The van der Waals surface area contributed by atoms with Crippen LogP contribution in [0.1, 0.15) is 18.2 Å². The van der Waals surface area contributed by atoms with Gasteiger partial charge in [0.25, 0.3) is 5.56 Å². The SMILES string of the molecule is CCNC(=S)N1CCc2c([nH][nH]c2=O)C1. The van der Waals surface area contributed by atoms with Gasteiger partial charge in [-0.25, -0.2) is 0 Å². The highest BCUT2D eigenvalue weighted by atomic mass is 32.1. The Balaban J connectivity index is 2.12. The number of nitrogens with zero attached hydrogens (tertiary/aromatic N) is 1. The highest BCUT2D eigenvalue weighted by molar-refractivity contribution is 7.80. The van der Waals surface area contributed by atoms with Crippen molar-refractivity contribution in [1.82, 2.24) is 20.4 Å². The fourth-order valence-electron chi connectivity index (χ4n) is 1.77. The molecule has 5 nitrogen and oxygen atoms in total. The molecule has 0 atom stereocenters. The zero-order valence-corrected chi connectivity index (χ0v) is 9.41. The van der Waals surface area contributed by atoms with Gasteiger partial charge in [0.1, 0.15) is 0 Å². The molecule has 2 rings (SSSR count). The van der Waals surface area contributed by atoms with Gasteiger partial charge in [0.2, 0.25) is 0 Å². The van der Waals surface area contributed by atoms with Gasteiger partial charge in [0.15, 0.2) is 5.11 Å². The lowest BCUT2D eigenvalue weighted by atomic mass is 10.1. The van der Waals surface area contributed by atoms with Crippen LogP contribution in [-0.2, 0) is 13.0 Å². The van der Waals surface area contributed by atoms with Crippen LogP contribution in [0.2, 0.25) is 0 Å². The van der Waals surface area contributed by atoms with Crippen LogP contribution < -0.4 is 10.9 Å². The normalized spacial score (nSPS) is 14.9. The van der Waals surface area contributed by atoms with E-state index in [0.29, 0.717) is 6.54 Å². The number of thiocarbonyl (C=S) groups is 1. The molecule has 1 aromatic rings. The lowest BCUT2D eigenvalue weighted by Gasteiger charge is -2.28.